The SMILES string of the molecule is CCOC(=O)C(C)c1ccc(OC/C=C(\c2ccc(Cl)cc2)c2ccc(Br)cc2)cc1C. The molecule has 1 unspecified atom stereocenters. The van der Waals surface area contributed by atoms with Crippen LogP contribution >= 0.6 is 27.5 Å². The van der Waals surface area contributed by atoms with Gasteiger partial charge in [-0.2, -0.15) is 0 Å². The van der Waals surface area contributed by atoms with Crippen LogP contribution in [0.1, 0.15) is 42.0 Å². The van der Waals surface area contributed by atoms with Gasteiger partial charge in [-0.05, 0) is 91.1 Å². The summed E-state index contributed by atoms with van der Waals surface area (Å²) in [5, 5.41) is 0.702. The van der Waals surface area contributed by atoms with Crippen molar-refractivity contribution in [3.8, 4) is 5.75 Å². The molecule has 0 aliphatic carbocycles. The van der Waals surface area contributed by atoms with Gasteiger partial charge < -0.3 is 9.47 Å². The number of benzene rings is 3. The Balaban J connectivity index is 1.79. The number of halogens is 2. The molecule has 0 saturated heterocycles. The van der Waals surface area contributed by atoms with Gasteiger partial charge in [0.25, 0.3) is 0 Å². The Bertz CT molecular complexity index is 1040. The first-order valence-electron chi connectivity index (χ1n) is 10.5. The highest BCUT2D eigenvalue weighted by atomic mass is 79.9. The molecule has 0 radical (unpaired) electrons. The van der Waals surface area contributed by atoms with E-state index in [1.165, 1.54) is 0 Å². The lowest BCUT2D eigenvalue weighted by molar-refractivity contribution is -0.144. The smallest absolute Gasteiger partial charge is 0.313 e. The molecule has 0 heterocycles. The molecule has 1 atom stereocenters. The maximum Gasteiger partial charge on any atom is 0.313 e. The van der Waals surface area contributed by atoms with Gasteiger partial charge in [0.15, 0.2) is 0 Å². The molecule has 166 valence electrons. The Morgan fingerprint density at radius 3 is 2.25 bits per heavy atom. The zero-order valence-electron chi connectivity index (χ0n) is 18.4. The van der Waals surface area contributed by atoms with Crippen LogP contribution in [0.2, 0.25) is 5.02 Å². The van der Waals surface area contributed by atoms with Crippen molar-refractivity contribution in [1.82, 2.24) is 0 Å². The van der Waals surface area contributed by atoms with Gasteiger partial charge in [0.2, 0.25) is 0 Å². The molecule has 0 spiro atoms. The van der Waals surface area contributed by atoms with Gasteiger partial charge in [0, 0.05) is 9.50 Å². The lowest BCUT2D eigenvalue weighted by Crippen LogP contribution is -2.14. The van der Waals surface area contributed by atoms with Crippen molar-refractivity contribution in [1.29, 1.82) is 0 Å². The second-order valence-corrected chi connectivity index (χ2v) is 8.79. The topological polar surface area (TPSA) is 35.5 Å². The Hall–Kier alpha value is -2.56. The third-order valence-electron chi connectivity index (χ3n) is 5.20. The van der Waals surface area contributed by atoms with Crippen LogP contribution in [0.4, 0.5) is 0 Å². The van der Waals surface area contributed by atoms with Crippen LogP contribution in [0, 0.1) is 6.92 Å². The fourth-order valence-corrected chi connectivity index (χ4v) is 3.89. The summed E-state index contributed by atoms with van der Waals surface area (Å²) in [5.41, 5.74) is 5.17. The van der Waals surface area contributed by atoms with Crippen molar-refractivity contribution in [3.63, 3.8) is 0 Å². The molecule has 3 rings (SSSR count). The van der Waals surface area contributed by atoms with E-state index in [-0.39, 0.29) is 11.9 Å². The van der Waals surface area contributed by atoms with E-state index in [0.717, 1.165) is 38.0 Å². The number of rotatable bonds is 8. The summed E-state index contributed by atoms with van der Waals surface area (Å²) in [6, 6.07) is 21.8. The van der Waals surface area contributed by atoms with Gasteiger partial charge in [-0.3, -0.25) is 4.79 Å². The van der Waals surface area contributed by atoms with E-state index in [1.54, 1.807) is 0 Å². The number of carbonyl (C=O) groups excluding carboxylic acids is 1. The predicted molar refractivity (Wildman–Crippen MR) is 134 cm³/mol. The molecular formula is C27H26BrClO3. The lowest BCUT2D eigenvalue weighted by atomic mass is 9.96. The maximum absolute atomic E-state index is 12.1. The molecule has 5 heteroatoms. The van der Waals surface area contributed by atoms with Gasteiger partial charge in [-0.1, -0.05) is 57.9 Å². The minimum Gasteiger partial charge on any atom is -0.490 e. The van der Waals surface area contributed by atoms with E-state index in [2.05, 4.69) is 34.1 Å². The predicted octanol–water partition coefficient (Wildman–Crippen LogP) is 7.59. The molecule has 0 fully saturated rings. The molecule has 0 N–H and O–H groups in total. The highest BCUT2D eigenvalue weighted by Gasteiger charge is 2.18. The van der Waals surface area contributed by atoms with Crippen LogP contribution < -0.4 is 4.74 Å². The van der Waals surface area contributed by atoms with E-state index in [9.17, 15) is 4.79 Å². The minimum atomic E-state index is -0.308. The summed E-state index contributed by atoms with van der Waals surface area (Å²) >= 11 is 9.57. The third kappa shape index (κ3) is 6.24. The monoisotopic (exact) mass is 512 g/mol. The molecule has 32 heavy (non-hydrogen) atoms. The highest BCUT2D eigenvalue weighted by molar-refractivity contribution is 9.10. The molecule has 3 nitrogen and oxygen atoms in total. The van der Waals surface area contributed by atoms with Crippen LogP contribution in [0.3, 0.4) is 0 Å². The largest absolute Gasteiger partial charge is 0.490 e. The van der Waals surface area contributed by atoms with E-state index in [0.29, 0.717) is 18.2 Å². The maximum atomic E-state index is 12.1. The number of ether oxygens (including phenoxy) is 2. The molecule has 0 bridgehead atoms. The van der Waals surface area contributed by atoms with E-state index < -0.39 is 0 Å². The van der Waals surface area contributed by atoms with Crippen molar-refractivity contribution < 1.29 is 14.3 Å². The van der Waals surface area contributed by atoms with E-state index in [4.69, 9.17) is 21.1 Å². The van der Waals surface area contributed by atoms with Gasteiger partial charge in [-0.25, -0.2) is 0 Å². The minimum absolute atomic E-state index is 0.214. The summed E-state index contributed by atoms with van der Waals surface area (Å²) < 4.78 is 12.2. The summed E-state index contributed by atoms with van der Waals surface area (Å²) in [6.45, 7) is 6.44. The quantitative estimate of drug-likeness (QED) is 0.291. The van der Waals surface area contributed by atoms with Gasteiger partial charge in [0.05, 0.1) is 12.5 Å². The summed E-state index contributed by atoms with van der Waals surface area (Å²) in [7, 11) is 0. The first-order chi connectivity index (χ1) is 15.4. The van der Waals surface area contributed by atoms with Crippen LogP contribution in [-0.4, -0.2) is 19.2 Å². The number of carbonyl (C=O) groups is 1. The number of esters is 1. The summed E-state index contributed by atoms with van der Waals surface area (Å²) in [6.07, 6.45) is 2.07. The van der Waals surface area contributed by atoms with Crippen molar-refractivity contribution in [2.75, 3.05) is 13.2 Å². The van der Waals surface area contributed by atoms with Gasteiger partial charge in [0.1, 0.15) is 12.4 Å². The van der Waals surface area contributed by atoms with Gasteiger partial charge in [-0.15, -0.1) is 0 Å². The van der Waals surface area contributed by atoms with Crippen LogP contribution in [0.15, 0.2) is 77.3 Å². The van der Waals surface area contributed by atoms with Crippen molar-refractivity contribution >= 4 is 39.1 Å². The second kappa shape index (κ2) is 11.3. The van der Waals surface area contributed by atoms with Crippen molar-refractivity contribution in [2.24, 2.45) is 0 Å². The standard InChI is InChI=1S/C27H26BrClO3/c1-4-31-27(30)19(3)25-14-13-24(17-18(25)2)32-16-15-26(20-5-9-22(28)10-6-20)21-7-11-23(29)12-8-21/h5-15,17,19H,4,16H2,1-3H3/b26-15-. The zero-order chi connectivity index (χ0) is 23.1. The highest BCUT2D eigenvalue weighted by Crippen LogP contribution is 2.28. The summed E-state index contributed by atoms with van der Waals surface area (Å²) in [4.78, 5) is 12.1. The fraction of sp³-hybridized carbons (Fsp3) is 0.222. The molecular weight excluding hydrogens is 488 g/mol. The van der Waals surface area contributed by atoms with Gasteiger partial charge >= 0.3 is 5.97 Å². The molecule has 0 amide bonds. The fourth-order valence-electron chi connectivity index (χ4n) is 3.50. The number of hydrogen-bond acceptors (Lipinski definition) is 3. The summed E-state index contributed by atoms with van der Waals surface area (Å²) in [5.74, 6) is 0.233. The van der Waals surface area contributed by atoms with Crippen LogP contribution in [-0.2, 0) is 9.53 Å². The lowest BCUT2D eigenvalue weighted by Gasteiger charge is -2.15. The number of hydrogen-bond donors (Lipinski definition) is 0. The first kappa shape index (κ1) is 24.1. The molecule has 0 aliphatic rings. The number of aryl methyl sites for hydroxylation is 1. The van der Waals surface area contributed by atoms with Crippen molar-refractivity contribution in [2.45, 2.75) is 26.7 Å². The Morgan fingerprint density at radius 2 is 1.66 bits per heavy atom. The zero-order valence-corrected chi connectivity index (χ0v) is 20.7. The third-order valence-corrected chi connectivity index (χ3v) is 5.98. The normalized spacial score (nSPS) is 12.3. The van der Waals surface area contributed by atoms with E-state index in [1.807, 2.05) is 75.4 Å². The van der Waals surface area contributed by atoms with Crippen LogP contribution in [0.5, 0.6) is 5.75 Å². The average molecular weight is 514 g/mol. The molecule has 3 aromatic carbocycles. The molecule has 0 aliphatic heterocycles. The van der Waals surface area contributed by atoms with Crippen LogP contribution in [0.25, 0.3) is 5.57 Å². The Labute approximate surface area is 203 Å². The average Bonchev–Trinajstić information content (AvgIpc) is 2.78. The second-order valence-electron chi connectivity index (χ2n) is 7.43. The molecule has 0 saturated carbocycles. The first-order valence-corrected chi connectivity index (χ1v) is 11.7. The molecule has 3 aromatic rings. The van der Waals surface area contributed by atoms with E-state index >= 15 is 0 Å². The van der Waals surface area contributed by atoms with Crippen molar-refractivity contribution in [3.05, 3.63) is 105 Å². The molecule has 0 aromatic heterocycles. The Kier molecular flexibility index (Phi) is 8.54. The Morgan fingerprint density at radius 1 is 1.03 bits per heavy atom.